The van der Waals surface area contributed by atoms with Gasteiger partial charge >= 0.3 is 5.97 Å². The zero-order valence-corrected chi connectivity index (χ0v) is 39.9. The van der Waals surface area contributed by atoms with Crippen molar-refractivity contribution in [2.24, 2.45) is 41.2 Å². The number of rotatable bonds is 17. The Hall–Kier alpha value is -5.29. The van der Waals surface area contributed by atoms with Crippen LogP contribution in [0.5, 0.6) is 11.5 Å². The number of fused-ring (bicyclic) bond motifs is 1. The lowest BCUT2D eigenvalue weighted by molar-refractivity contribution is -0.150. The molecule has 10 nitrogen and oxygen atoms in total. The molecule has 0 spiro atoms. The van der Waals surface area contributed by atoms with E-state index in [9.17, 15) is 35.4 Å². The van der Waals surface area contributed by atoms with Gasteiger partial charge in [-0.2, -0.15) is 0 Å². The van der Waals surface area contributed by atoms with Gasteiger partial charge in [-0.15, -0.1) is 0 Å². The molecule has 0 unspecified atom stereocenters. The number of aliphatic carboxylic acids is 1. The minimum Gasteiger partial charge on any atom is -0.508 e. The fourth-order valence-corrected chi connectivity index (χ4v) is 12.6. The molecule has 4 aromatic rings. The molecule has 0 amide bonds. The van der Waals surface area contributed by atoms with E-state index in [0.29, 0.717) is 61.5 Å². The van der Waals surface area contributed by atoms with E-state index < -0.39 is 23.6 Å². The number of H-pyrrole nitrogens is 1. The molecule has 3 aromatic carbocycles. The third-order valence-electron chi connectivity index (χ3n) is 16.1. The maximum atomic E-state index is 13.3. The van der Waals surface area contributed by atoms with Gasteiger partial charge in [0.05, 0.1) is 35.2 Å². The SMILES string of the molecule is CCCCC[C@@H]1C=C[C@@H](CCCC[C@H]2CC[C@@H](c3cc(-c4ccccc4)c(-c4cc(O)cc(O)c4Cc4ccccc4)[nH]3)[C@@H]3C[C@H](CC4=CCNC(N)=C4)C[C@@]3(O)CC[C@H](O)[C@H]2C(=O)O)[C@H](O)C1. The van der Waals surface area contributed by atoms with Gasteiger partial charge in [-0.1, -0.05) is 118 Å². The lowest BCUT2D eigenvalue weighted by Gasteiger charge is -2.39. The van der Waals surface area contributed by atoms with Crippen molar-refractivity contribution in [2.45, 2.75) is 140 Å². The number of nitrogens with two attached hydrogens (primary N) is 1. The van der Waals surface area contributed by atoms with Crippen molar-refractivity contribution in [2.75, 3.05) is 6.54 Å². The number of hydrogen-bond donors (Lipinski definition) is 9. The number of aliphatic hydroxyl groups excluding tert-OH is 2. The summed E-state index contributed by atoms with van der Waals surface area (Å²) in [5.74, 6) is -1.51. The average molecular weight is 926 g/mol. The summed E-state index contributed by atoms with van der Waals surface area (Å²) in [5.41, 5.74) is 12.0. The molecule has 2 heterocycles. The van der Waals surface area contributed by atoms with Gasteiger partial charge in [0.25, 0.3) is 0 Å². The molecule has 10 N–H and O–H groups in total. The molecule has 0 bridgehead atoms. The highest BCUT2D eigenvalue weighted by Crippen LogP contribution is 2.55. The van der Waals surface area contributed by atoms with E-state index in [1.54, 1.807) is 6.07 Å². The van der Waals surface area contributed by atoms with Gasteiger partial charge in [-0.05, 0) is 129 Å². The molecule has 2 fully saturated rings. The first kappa shape index (κ1) is 49.1. The number of aromatic amines is 1. The van der Waals surface area contributed by atoms with Crippen molar-refractivity contribution in [3.63, 3.8) is 0 Å². The summed E-state index contributed by atoms with van der Waals surface area (Å²) in [7, 11) is 0. The van der Waals surface area contributed by atoms with Crippen LogP contribution in [0, 0.1) is 35.5 Å². The number of dihydropyridines is 1. The lowest BCUT2D eigenvalue weighted by Crippen LogP contribution is -2.42. The zero-order valence-electron chi connectivity index (χ0n) is 39.9. The van der Waals surface area contributed by atoms with E-state index in [1.807, 2.05) is 54.6 Å². The van der Waals surface area contributed by atoms with Crippen molar-refractivity contribution in [1.29, 1.82) is 0 Å². The molecule has 8 rings (SSSR count). The molecular weight excluding hydrogens is 851 g/mol. The monoisotopic (exact) mass is 926 g/mol. The molecule has 364 valence electrons. The third-order valence-corrected chi connectivity index (χ3v) is 16.1. The average Bonchev–Trinajstić information content (AvgIpc) is 3.90. The van der Waals surface area contributed by atoms with Crippen LogP contribution in [-0.2, 0) is 11.2 Å². The van der Waals surface area contributed by atoms with Crippen LogP contribution in [0.1, 0.15) is 132 Å². The predicted molar refractivity (Wildman–Crippen MR) is 270 cm³/mol. The van der Waals surface area contributed by atoms with Crippen molar-refractivity contribution in [3.8, 4) is 33.9 Å². The van der Waals surface area contributed by atoms with Crippen LogP contribution in [0.3, 0.4) is 0 Å². The molecule has 1 aliphatic heterocycles. The molecule has 2 saturated carbocycles. The van der Waals surface area contributed by atoms with E-state index in [0.717, 1.165) is 78.6 Å². The summed E-state index contributed by atoms with van der Waals surface area (Å²) in [6.07, 6.45) is 19.8. The predicted octanol–water partition coefficient (Wildman–Crippen LogP) is 10.9. The van der Waals surface area contributed by atoms with Gasteiger partial charge < -0.3 is 46.7 Å². The Morgan fingerprint density at radius 3 is 2.32 bits per heavy atom. The van der Waals surface area contributed by atoms with Crippen molar-refractivity contribution in [3.05, 3.63) is 131 Å². The minimum absolute atomic E-state index is 0.00523. The number of benzene rings is 3. The number of carbonyl (C=O) groups is 1. The van der Waals surface area contributed by atoms with Gasteiger partial charge in [0.15, 0.2) is 0 Å². The number of phenols is 2. The summed E-state index contributed by atoms with van der Waals surface area (Å²) in [6, 6.07) is 25.3. The molecule has 1 aromatic heterocycles. The maximum Gasteiger partial charge on any atom is 0.309 e. The van der Waals surface area contributed by atoms with Crippen molar-refractivity contribution in [1.82, 2.24) is 10.3 Å². The lowest BCUT2D eigenvalue weighted by atomic mass is 9.69. The number of phenolic OH excluding ortho intramolecular Hbond substituents is 2. The summed E-state index contributed by atoms with van der Waals surface area (Å²) in [6.45, 7) is 2.86. The molecular formula is C58H75N3O7. The van der Waals surface area contributed by atoms with Gasteiger partial charge in [0.2, 0.25) is 0 Å². The largest absolute Gasteiger partial charge is 0.508 e. The Kier molecular flexibility index (Phi) is 16.2. The molecule has 68 heavy (non-hydrogen) atoms. The molecule has 0 saturated heterocycles. The van der Waals surface area contributed by atoms with Crippen LogP contribution in [-0.4, -0.2) is 65.9 Å². The number of hydrogen-bond acceptors (Lipinski definition) is 8. The molecule has 0 radical (unpaired) electrons. The Bertz CT molecular complexity index is 2390. The first-order chi connectivity index (χ1) is 32.9. The van der Waals surface area contributed by atoms with Crippen LogP contribution < -0.4 is 11.1 Å². The fraction of sp³-hybridized carbons (Fsp3) is 0.500. The van der Waals surface area contributed by atoms with E-state index >= 15 is 0 Å². The minimum atomic E-state index is -1.18. The Labute approximate surface area is 403 Å². The number of carboxylic acid groups (broad SMARTS) is 1. The summed E-state index contributed by atoms with van der Waals surface area (Å²) < 4.78 is 0. The van der Waals surface area contributed by atoms with Crippen LogP contribution in [0.4, 0.5) is 0 Å². The quantitative estimate of drug-likeness (QED) is 0.0366. The summed E-state index contributed by atoms with van der Waals surface area (Å²) in [5, 5.41) is 72.6. The van der Waals surface area contributed by atoms with Gasteiger partial charge in [-0.3, -0.25) is 4.79 Å². The second-order valence-electron chi connectivity index (χ2n) is 20.8. The Morgan fingerprint density at radius 1 is 0.838 bits per heavy atom. The first-order valence-corrected chi connectivity index (χ1v) is 25.7. The molecule has 10 heteroatoms. The highest BCUT2D eigenvalue weighted by atomic mass is 16.4. The summed E-state index contributed by atoms with van der Waals surface area (Å²) >= 11 is 0. The zero-order chi connectivity index (χ0) is 47.8. The number of unbranched alkanes of at least 4 members (excludes halogenated alkanes) is 3. The standard InChI is InChI=1S/C58H75N3O7/c1-2-3-6-13-38-20-21-42(52(64)31-38)18-11-12-19-43-22-23-45(49-30-40(28-39-25-27-60-54(59)32-39)36-58(49,68)26-24-51(63)55(43)57(66)67)50-35-46(41-16-9-5-10-17-41)56(61-50)48-33-44(62)34-53(65)47(48)29-37-14-7-4-8-15-37/h4-5,7-10,14-17,20-21,25,32-35,38,40,42-43,45,49,51-52,55,60-65,68H,2-3,6,11-13,18-19,22-24,26-31,36,59H2,1H3,(H,66,67)/t38-,40+,42-,43+,45-,49+,51+,52-,55+,58+/m1/s1. The van der Waals surface area contributed by atoms with Crippen LogP contribution >= 0.6 is 0 Å². The Morgan fingerprint density at radius 2 is 1.59 bits per heavy atom. The highest BCUT2D eigenvalue weighted by molar-refractivity contribution is 5.85. The third kappa shape index (κ3) is 11.8. The van der Waals surface area contributed by atoms with E-state index in [2.05, 4.69) is 53.7 Å². The number of aliphatic hydroxyl groups is 3. The number of aromatic nitrogens is 1. The number of carboxylic acids is 1. The number of aromatic hydroxyl groups is 2. The van der Waals surface area contributed by atoms with Crippen LogP contribution in [0.15, 0.2) is 115 Å². The molecule has 3 aliphatic carbocycles. The van der Waals surface area contributed by atoms with Crippen LogP contribution in [0.2, 0.25) is 0 Å². The van der Waals surface area contributed by atoms with E-state index in [-0.39, 0.29) is 60.0 Å². The smallest absolute Gasteiger partial charge is 0.309 e. The molecule has 4 aliphatic rings. The van der Waals surface area contributed by atoms with Gasteiger partial charge in [0.1, 0.15) is 11.5 Å². The van der Waals surface area contributed by atoms with Crippen molar-refractivity contribution >= 4 is 5.97 Å². The summed E-state index contributed by atoms with van der Waals surface area (Å²) in [4.78, 5) is 17.1. The number of nitrogens with one attached hydrogen (secondary N) is 2. The fourth-order valence-electron chi connectivity index (χ4n) is 12.6. The highest BCUT2D eigenvalue weighted by Gasteiger charge is 2.51. The first-order valence-electron chi connectivity index (χ1n) is 25.7. The maximum absolute atomic E-state index is 13.3. The topological polar surface area (TPSA) is 192 Å². The van der Waals surface area contributed by atoms with Gasteiger partial charge in [0, 0.05) is 53.3 Å². The van der Waals surface area contributed by atoms with E-state index in [4.69, 9.17) is 5.73 Å². The van der Waals surface area contributed by atoms with E-state index in [1.165, 1.54) is 25.3 Å². The normalized spacial score (nSPS) is 28.6. The van der Waals surface area contributed by atoms with Crippen molar-refractivity contribution < 1.29 is 35.4 Å². The van der Waals surface area contributed by atoms with Crippen LogP contribution in [0.25, 0.3) is 22.4 Å². The Balaban J connectivity index is 1.14. The second kappa shape index (κ2) is 22.4. The second-order valence-corrected chi connectivity index (χ2v) is 20.8. The molecule has 10 atom stereocenters. The van der Waals surface area contributed by atoms with Gasteiger partial charge in [-0.25, -0.2) is 0 Å². The number of allylic oxidation sites excluding steroid dienone is 3.